The molecule has 0 saturated heterocycles. The number of esters is 2. The number of methoxy groups -OCH3 is 2. The minimum Gasteiger partial charge on any atom is -0.466 e. The maximum atomic E-state index is 13.7. The van der Waals surface area contributed by atoms with Crippen LogP contribution in [0, 0.1) is 0 Å². The molecule has 1 aliphatic rings. The molecular weight excluding hydrogens is 497 g/mol. The van der Waals surface area contributed by atoms with E-state index in [0.29, 0.717) is 27.5 Å². The highest BCUT2D eigenvalue weighted by Gasteiger charge is 2.55. The molecule has 0 spiro atoms. The van der Waals surface area contributed by atoms with E-state index in [-0.39, 0.29) is 16.2 Å². The Hall–Kier alpha value is -3.54. The van der Waals surface area contributed by atoms with Crippen molar-refractivity contribution in [3.8, 4) is 0 Å². The van der Waals surface area contributed by atoms with Crippen LogP contribution in [0.15, 0.2) is 101 Å². The lowest BCUT2D eigenvalue weighted by Gasteiger charge is -2.46. The van der Waals surface area contributed by atoms with E-state index in [0.717, 1.165) is 5.69 Å². The average molecular weight is 522 g/mol. The molecule has 1 aliphatic heterocycles. The molecule has 0 unspecified atom stereocenters. The summed E-state index contributed by atoms with van der Waals surface area (Å²) in [7, 11) is 2.63. The number of halogens is 2. The first-order valence-corrected chi connectivity index (χ1v) is 12.0. The zero-order valence-electron chi connectivity index (χ0n) is 20.3. The number of para-hydroxylation sites is 1. The van der Waals surface area contributed by atoms with Crippen molar-refractivity contribution in [3.63, 3.8) is 0 Å². The van der Waals surface area contributed by atoms with E-state index in [9.17, 15) is 9.59 Å². The molecule has 0 aromatic heterocycles. The molecule has 0 radical (unpaired) electrons. The first-order valence-electron chi connectivity index (χ1n) is 11.2. The monoisotopic (exact) mass is 521 g/mol. The Bertz CT molecular complexity index is 1340. The van der Waals surface area contributed by atoms with Gasteiger partial charge >= 0.3 is 11.9 Å². The highest BCUT2D eigenvalue weighted by Crippen LogP contribution is 2.55. The average Bonchev–Trinajstić information content (AvgIpc) is 2.90. The number of hydrogen-bond acceptors (Lipinski definition) is 5. The number of carbonyl (C=O) groups excluding carboxylic acids is 2. The van der Waals surface area contributed by atoms with Crippen LogP contribution in [0.3, 0.4) is 0 Å². The summed E-state index contributed by atoms with van der Waals surface area (Å²) in [4.78, 5) is 29.3. The standard InChI is InChI=1S/C29H25Cl2NO4/c1-18-24(27(33)35-3)29(20-12-7-5-8-13-20,22-16-11-17-23(30)26(22)31)25(28(34)36-4)19(2)32(18)21-14-9-6-10-15-21/h5-17H,1-4H3. The van der Waals surface area contributed by atoms with Crippen LogP contribution in [-0.2, 0) is 24.5 Å². The number of carbonyl (C=O) groups is 2. The Balaban J connectivity index is 2.28. The lowest BCUT2D eigenvalue weighted by atomic mass is 9.61. The van der Waals surface area contributed by atoms with E-state index in [4.69, 9.17) is 32.7 Å². The Morgan fingerprint density at radius 2 is 1.22 bits per heavy atom. The predicted octanol–water partition coefficient (Wildman–Crippen LogP) is 6.69. The number of nitrogens with zero attached hydrogens (tertiary/aromatic N) is 1. The molecule has 0 amide bonds. The third-order valence-corrected chi connectivity index (χ3v) is 7.32. The third-order valence-electron chi connectivity index (χ3n) is 6.50. The molecule has 0 aliphatic carbocycles. The van der Waals surface area contributed by atoms with Crippen LogP contribution in [-0.4, -0.2) is 26.2 Å². The molecule has 7 heteroatoms. The molecule has 0 atom stereocenters. The molecule has 5 nitrogen and oxygen atoms in total. The van der Waals surface area contributed by atoms with Gasteiger partial charge in [-0.05, 0) is 43.2 Å². The molecule has 0 N–H and O–H groups in total. The van der Waals surface area contributed by atoms with E-state index in [1.54, 1.807) is 18.2 Å². The molecule has 0 saturated carbocycles. The molecule has 3 aromatic rings. The highest BCUT2D eigenvalue weighted by molar-refractivity contribution is 6.42. The quantitative estimate of drug-likeness (QED) is 0.350. The molecule has 1 heterocycles. The number of hydrogen-bond donors (Lipinski definition) is 0. The Kier molecular flexibility index (Phi) is 7.25. The van der Waals surface area contributed by atoms with Crippen molar-refractivity contribution in [2.24, 2.45) is 0 Å². The van der Waals surface area contributed by atoms with E-state index in [1.165, 1.54) is 14.2 Å². The van der Waals surface area contributed by atoms with Crippen LogP contribution in [0.5, 0.6) is 0 Å². The summed E-state index contributed by atoms with van der Waals surface area (Å²) in [6.07, 6.45) is 0. The minimum atomic E-state index is -1.47. The number of benzene rings is 3. The van der Waals surface area contributed by atoms with Gasteiger partial charge < -0.3 is 14.4 Å². The van der Waals surface area contributed by atoms with Gasteiger partial charge in [-0.2, -0.15) is 0 Å². The second kappa shape index (κ2) is 10.2. The molecule has 0 bridgehead atoms. The summed E-state index contributed by atoms with van der Waals surface area (Å²) in [6.45, 7) is 3.65. The van der Waals surface area contributed by atoms with Gasteiger partial charge in [-0.15, -0.1) is 0 Å². The van der Waals surface area contributed by atoms with Crippen LogP contribution in [0.1, 0.15) is 25.0 Å². The number of allylic oxidation sites excluding steroid dienone is 2. The lowest BCUT2D eigenvalue weighted by Crippen LogP contribution is -2.47. The van der Waals surface area contributed by atoms with Gasteiger partial charge in [0.2, 0.25) is 0 Å². The smallest absolute Gasteiger partial charge is 0.337 e. The van der Waals surface area contributed by atoms with Crippen LogP contribution in [0.25, 0.3) is 0 Å². The van der Waals surface area contributed by atoms with Gasteiger partial charge in [0.1, 0.15) is 0 Å². The fourth-order valence-electron chi connectivity index (χ4n) is 5.11. The largest absolute Gasteiger partial charge is 0.466 e. The van der Waals surface area contributed by atoms with Crippen LogP contribution in [0.2, 0.25) is 10.0 Å². The zero-order valence-corrected chi connectivity index (χ0v) is 21.9. The summed E-state index contributed by atoms with van der Waals surface area (Å²) in [5.74, 6) is -1.22. The lowest BCUT2D eigenvalue weighted by molar-refractivity contribution is -0.137. The van der Waals surface area contributed by atoms with Crippen LogP contribution in [0.4, 0.5) is 5.69 Å². The second-order valence-electron chi connectivity index (χ2n) is 8.29. The topological polar surface area (TPSA) is 55.8 Å². The van der Waals surface area contributed by atoms with Crippen molar-refractivity contribution >= 4 is 40.8 Å². The summed E-state index contributed by atoms with van der Waals surface area (Å²) in [5, 5.41) is 0.512. The highest BCUT2D eigenvalue weighted by atomic mass is 35.5. The SMILES string of the molecule is COC(=O)C1=C(C)N(c2ccccc2)C(C)=C(C(=O)OC)C1(c1ccccc1)c1cccc(Cl)c1Cl. The van der Waals surface area contributed by atoms with Crippen molar-refractivity contribution in [3.05, 3.63) is 123 Å². The van der Waals surface area contributed by atoms with E-state index in [2.05, 4.69) is 0 Å². The Morgan fingerprint density at radius 1 is 0.722 bits per heavy atom. The normalized spacial score (nSPS) is 15.1. The molecular formula is C29H25Cl2NO4. The summed E-state index contributed by atoms with van der Waals surface area (Å²) < 4.78 is 10.7. The van der Waals surface area contributed by atoms with E-state index in [1.807, 2.05) is 79.4 Å². The molecule has 184 valence electrons. The first kappa shape index (κ1) is 25.5. The van der Waals surface area contributed by atoms with Gasteiger partial charge in [-0.3, -0.25) is 0 Å². The summed E-state index contributed by atoms with van der Waals surface area (Å²) in [6, 6.07) is 23.9. The molecule has 36 heavy (non-hydrogen) atoms. The second-order valence-corrected chi connectivity index (χ2v) is 9.08. The fraction of sp³-hybridized carbons (Fsp3) is 0.172. The summed E-state index contributed by atoms with van der Waals surface area (Å²) >= 11 is 13.3. The van der Waals surface area contributed by atoms with Gasteiger partial charge in [0, 0.05) is 17.1 Å². The first-order chi connectivity index (χ1) is 17.3. The Labute approximate surface area is 220 Å². The fourth-order valence-corrected chi connectivity index (χ4v) is 5.55. The van der Waals surface area contributed by atoms with Crippen LogP contribution >= 0.6 is 23.2 Å². The van der Waals surface area contributed by atoms with Crippen molar-refractivity contribution < 1.29 is 19.1 Å². The van der Waals surface area contributed by atoms with Crippen molar-refractivity contribution in [2.45, 2.75) is 19.3 Å². The minimum absolute atomic E-state index is 0.222. The van der Waals surface area contributed by atoms with Gasteiger partial charge in [0.05, 0.1) is 40.8 Å². The molecule has 4 rings (SSSR count). The van der Waals surface area contributed by atoms with E-state index < -0.39 is 17.4 Å². The third kappa shape index (κ3) is 3.89. The zero-order chi connectivity index (χ0) is 26.0. The van der Waals surface area contributed by atoms with Crippen molar-refractivity contribution in [1.29, 1.82) is 0 Å². The maximum Gasteiger partial charge on any atom is 0.337 e. The van der Waals surface area contributed by atoms with Crippen molar-refractivity contribution in [1.82, 2.24) is 0 Å². The van der Waals surface area contributed by atoms with Gasteiger partial charge in [0.15, 0.2) is 0 Å². The summed E-state index contributed by atoms with van der Waals surface area (Å²) in [5.41, 5.74) is 2.04. The maximum absolute atomic E-state index is 13.7. The van der Waals surface area contributed by atoms with Crippen LogP contribution < -0.4 is 4.90 Å². The number of ether oxygens (including phenoxy) is 2. The predicted molar refractivity (Wildman–Crippen MR) is 142 cm³/mol. The number of anilines is 1. The molecule has 0 fully saturated rings. The van der Waals surface area contributed by atoms with Crippen molar-refractivity contribution in [2.75, 3.05) is 19.1 Å². The van der Waals surface area contributed by atoms with Gasteiger partial charge in [0.25, 0.3) is 0 Å². The molecule has 3 aromatic carbocycles. The van der Waals surface area contributed by atoms with Gasteiger partial charge in [-0.1, -0.05) is 83.9 Å². The van der Waals surface area contributed by atoms with E-state index >= 15 is 0 Å². The van der Waals surface area contributed by atoms with Gasteiger partial charge in [-0.25, -0.2) is 9.59 Å². The number of rotatable bonds is 5. The Morgan fingerprint density at radius 3 is 1.72 bits per heavy atom.